The number of aliphatic hydroxyl groups is 4. The van der Waals surface area contributed by atoms with Crippen LogP contribution in [0.1, 0.15) is 45.4 Å². The van der Waals surface area contributed by atoms with Crippen LogP contribution in [0.3, 0.4) is 0 Å². The van der Waals surface area contributed by atoms with Crippen LogP contribution in [-0.4, -0.2) is 69.5 Å². The van der Waals surface area contributed by atoms with Gasteiger partial charge in [0, 0.05) is 12.1 Å². The fourth-order valence-corrected chi connectivity index (χ4v) is 4.57. The topological polar surface area (TPSA) is 159 Å². The maximum absolute atomic E-state index is 13.2. The smallest absolute Gasteiger partial charge is 0.229 e. The normalized spacial score (nSPS) is 23.2. The largest absolute Gasteiger partial charge is 0.507 e. The maximum atomic E-state index is 13.2. The number of benzene rings is 2. The Bertz CT molecular complexity index is 1270. The zero-order chi connectivity index (χ0) is 27.9. The molecule has 5 N–H and O–H groups in total. The van der Waals surface area contributed by atoms with Crippen molar-refractivity contribution in [1.29, 1.82) is 0 Å². The van der Waals surface area contributed by atoms with E-state index in [0.29, 0.717) is 17.9 Å². The first kappa shape index (κ1) is 28.8. The number of rotatable bonds is 12. The van der Waals surface area contributed by atoms with E-state index < -0.39 is 42.7 Å². The summed E-state index contributed by atoms with van der Waals surface area (Å²) in [5.74, 6) is 0.450. The summed E-state index contributed by atoms with van der Waals surface area (Å²) in [6, 6.07) is 9.24. The lowest BCUT2D eigenvalue weighted by Gasteiger charge is -2.39. The molecular weight excluding hydrogens is 508 g/mol. The highest BCUT2D eigenvalue weighted by atomic mass is 16.7. The molecule has 0 amide bonds. The first-order valence-electron chi connectivity index (χ1n) is 13.3. The van der Waals surface area contributed by atoms with Gasteiger partial charge < -0.3 is 44.2 Å². The Kier molecular flexibility index (Phi) is 9.82. The highest BCUT2D eigenvalue weighted by Gasteiger charge is 2.44. The van der Waals surface area contributed by atoms with Gasteiger partial charge in [-0.05, 0) is 24.1 Å². The standard InChI is InChI=1S/C29H36O10/c1-2-3-4-5-6-7-12-36-19-13-21(31)24-22(14-19)37-16-20(25(24)32)17-8-10-18(11-9-17)38-29-28(35)27(34)26(33)23(15-30)39-29/h8-11,13-14,16,23,26-31,33-35H,2-7,12,15H2,1H3. The highest BCUT2D eigenvalue weighted by Crippen LogP contribution is 2.31. The van der Waals surface area contributed by atoms with Crippen molar-refractivity contribution >= 4 is 11.0 Å². The first-order valence-corrected chi connectivity index (χ1v) is 13.3. The number of phenols is 1. The van der Waals surface area contributed by atoms with E-state index in [1.807, 2.05) is 0 Å². The van der Waals surface area contributed by atoms with E-state index in [4.69, 9.17) is 18.6 Å². The molecule has 0 bridgehead atoms. The van der Waals surface area contributed by atoms with E-state index in [1.165, 1.54) is 50.1 Å². The molecule has 3 aromatic rings. The molecule has 0 spiro atoms. The van der Waals surface area contributed by atoms with Gasteiger partial charge in [0.15, 0.2) is 0 Å². The van der Waals surface area contributed by atoms with Gasteiger partial charge in [-0.25, -0.2) is 0 Å². The minimum absolute atomic E-state index is 0.0426. The number of ether oxygens (including phenoxy) is 3. The van der Waals surface area contributed by atoms with E-state index >= 15 is 0 Å². The van der Waals surface area contributed by atoms with Crippen molar-refractivity contribution in [1.82, 2.24) is 0 Å². The van der Waals surface area contributed by atoms with E-state index in [0.717, 1.165) is 12.8 Å². The molecule has 1 aliphatic heterocycles. The molecule has 1 aliphatic rings. The zero-order valence-electron chi connectivity index (χ0n) is 21.9. The lowest BCUT2D eigenvalue weighted by molar-refractivity contribution is -0.277. The molecule has 39 heavy (non-hydrogen) atoms. The van der Waals surface area contributed by atoms with Gasteiger partial charge in [0.05, 0.1) is 18.8 Å². The summed E-state index contributed by atoms with van der Waals surface area (Å²) in [5.41, 5.74) is 0.510. The predicted molar refractivity (Wildman–Crippen MR) is 143 cm³/mol. The van der Waals surface area contributed by atoms with Crippen molar-refractivity contribution < 1.29 is 44.2 Å². The van der Waals surface area contributed by atoms with Crippen LogP contribution >= 0.6 is 0 Å². The average Bonchev–Trinajstić information content (AvgIpc) is 2.93. The van der Waals surface area contributed by atoms with E-state index in [1.54, 1.807) is 18.2 Å². The van der Waals surface area contributed by atoms with Gasteiger partial charge in [-0.3, -0.25) is 4.79 Å². The van der Waals surface area contributed by atoms with Gasteiger partial charge in [0.25, 0.3) is 0 Å². The molecule has 1 fully saturated rings. The van der Waals surface area contributed by atoms with Gasteiger partial charge in [0.1, 0.15) is 58.9 Å². The Labute approximate surface area is 226 Å². The van der Waals surface area contributed by atoms with Crippen molar-refractivity contribution in [3.05, 3.63) is 52.9 Å². The molecule has 10 nitrogen and oxygen atoms in total. The third-order valence-electron chi connectivity index (χ3n) is 6.86. The third-order valence-corrected chi connectivity index (χ3v) is 6.86. The molecule has 0 radical (unpaired) electrons. The zero-order valence-corrected chi connectivity index (χ0v) is 21.9. The van der Waals surface area contributed by atoms with Crippen LogP contribution in [0, 0.1) is 0 Å². The molecule has 0 saturated carbocycles. The molecule has 2 heterocycles. The SMILES string of the molecule is CCCCCCCCOc1cc(O)c2c(=O)c(-c3ccc(OC4OC(CO)C(O)C(O)C4O)cc3)coc2c1. The van der Waals surface area contributed by atoms with Crippen LogP contribution in [0.25, 0.3) is 22.1 Å². The van der Waals surface area contributed by atoms with Crippen molar-refractivity contribution in [2.75, 3.05) is 13.2 Å². The minimum Gasteiger partial charge on any atom is -0.507 e. The number of hydrogen-bond donors (Lipinski definition) is 5. The predicted octanol–water partition coefficient (Wildman–Crippen LogP) is 3.08. The van der Waals surface area contributed by atoms with Gasteiger partial charge in [-0.2, -0.15) is 0 Å². The quantitative estimate of drug-likeness (QED) is 0.215. The van der Waals surface area contributed by atoms with Crippen LogP contribution in [0.5, 0.6) is 17.2 Å². The molecule has 0 aliphatic carbocycles. The Morgan fingerprint density at radius 1 is 0.897 bits per heavy atom. The fourth-order valence-electron chi connectivity index (χ4n) is 4.57. The summed E-state index contributed by atoms with van der Waals surface area (Å²) >= 11 is 0. The number of fused-ring (bicyclic) bond motifs is 1. The first-order chi connectivity index (χ1) is 18.8. The molecule has 212 valence electrons. The Balaban J connectivity index is 1.44. The number of aliphatic hydroxyl groups excluding tert-OH is 4. The molecule has 10 heteroatoms. The van der Waals surface area contributed by atoms with Crippen molar-refractivity contribution in [2.24, 2.45) is 0 Å². The second-order valence-corrected chi connectivity index (χ2v) is 9.75. The molecule has 4 rings (SSSR count). The van der Waals surface area contributed by atoms with Crippen LogP contribution in [0.2, 0.25) is 0 Å². The van der Waals surface area contributed by atoms with Gasteiger partial charge in [-0.1, -0.05) is 51.2 Å². The number of unbranched alkanes of at least 4 members (excludes halogenated alkanes) is 5. The van der Waals surface area contributed by atoms with Crippen molar-refractivity contribution in [3.8, 4) is 28.4 Å². The van der Waals surface area contributed by atoms with Crippen LogP contribution in [-0.2, 0) is 4.74 Å². The summed E-state index contributed by atoms with van der Waals surface area (Å²) in [4.78, 5) is 13.2. The second kappa shape index (κ2) is 13.3. The maximum Gasteiger partial charge on any atom is 0.229 e. The number of hydrogen-bond acceptors (Lipinski definition) is 10. The van der Waals surface area contributed by atoms with Gasteiger partial charge >= 0.3 is 0 Å². The summed E-state index contributed by atoms with van der Waals surface area (Å²) in [5, 5.41) is 50.0. The lowest BCUT2D eigenvalue weighted by atomic mass is 9.99. The fraction of sp³-hybridized carbons (Fsp3) is 0.483. The van der Waals surface area contributed by atoms with E-state index in [9.17, 15) is 30.3 Å². The molecule has 5 unspecified atom stereocenters. The molecule has 5 atom stereocenters. The van der Waals surface area contributed by atoms with Crippen LogP contribution < -0.4 is 14.9 Å². The van der Waals surface area contributed by atoms with Crippen molar-refractivity contribution in [3.63, 3.8) is 0 Å². The van der Waals surface area contributed by atoms with Crippen molar-refractivity contribution in [2.45, 2.75) is 76.2 Å². The van der Waals surface area contributed by atoms with Gasteiger partial charge in [-0.15, -0.1) is 0 Å². The second-order valence-electron chi connectivity index (χ2n) is 9.75. The average molecular weight is 545 g/mol. The number of aromatic hydroxyl groups is 1. The molecule has 1 aromatic heterocycles. The van der Waals surface area contributed by atoms with E-state index in [-0.39, 0.29) is 28.0 Å². The Hall–Kier alpha value is -3.15. The van der Waals surface area contributed by atoms with Crippen LogP contribution in [0.4, 0.5) is 0 Å². The Morgan fingerprint density at radius 3 is 2.33 bits per heavy atom. The summed E-state index contributed by atoms with van der Waals surface area (Å²) in [7, 11) is 0. The minimum atomic E-state index is -1.56. The highest BCUT2D eigenvalue weighted by molar-refractivity contribution is 5.88. The number of phenolic OH excluding ortho intramolecular Hbond substituents is 1. The van der Waals surface area contributed by atoms with E-state index in [2.05, 4.69) is 6.92 Å². The third kappa shape index (κ3) is 6.71. The van der Waals surface area contributed by atoms with Crippen LogP contribution in [0.15, 0.2) is 51.9 Å². The molecule has 2 aromatic carbocycles. The summed E-state index contributed by atoms with van der Waals surface area (Å²) < 4.78 is 22.4. The Morgan fingerprint density at radius 2 is 1.62 bits per heavy atom. The lowest BCUT2D eigenvalue weighted by Crippen LogP contribution is -2.60. The summed E-state index contributed by atoms with van der Waals surface area (Å²) in [6.07, 6.45) is 1.10. The van der Waals surface area contributed by atoms with Gasteiger partial charge in [0.2, 0.25) is 11.7 Å². The molecule has 1 saturated heterocycles. The monoisotopic (exact) mass is 544 g/mol. The molecular formula is C29H36O10. The summed E-state index contributed by atoms with van der Waals surface area (Å²) in [6.45, 7) is 2.12.